The van der Waals surface area contributed by atoms with Gasteiger partial charge in [-0.25, -0.2) is 4.98 Å². The van der Waals surface area contributed by atoms with Crippen LogP contribution < -0.4 is 5.32 Å². The van der Waals surface area contributed by atoms with Crippen molar-refractivity contribution < 1.29 is 0 Å². The van der Waals surface area contributed by atoms with Crippen molar-refractivity contribution in [2.45, 2.75) is 38.5 Å². The van der Waals surface area contributed by atoms with E-state index in [4.69, 9.17) is 5.26 Å². The lowest BCUT2D eigenvalue weighted by Crippen LogP contribution is -2.05. The molecule has 0 unspecified atom stereocenters. The molecule has 1 saturated carbocycles. The predicted molar refractivity (Wildman–Crippen MR) is 68.6 cm³/mol. The number of nitrogens with zero attached hydrogens (tertiary/aromatic N) is 2. The van der Waals surface area contributed by atoms with Gasteiger partial charge >= 0.3 is 0 Å². The molecule has 0 bridgehead atoms. The van der Waals surface area contributed by atoms with Crippen LogP contribution in [0, 0.1) is 17.2 Å². The Kier molecular flexibility index (Phi) is 4.37. The first-order valence-electron chi connectivity index (χ1n) is 6.48. The quantitative estimate of drug-likeness (QED) is 0.788. The molecule has 0 radical (unpaired) electrons. The maximum atomic E-state index is 8.77. The number of rotatable bonds is 5. The minimum atomic E-state index is 0.665. The lowest BCUT2D eigenvalue weighted by atomic mass is 10.0. The molecule has 1 N–H and O–H groups in total. The second kappa shape index (κ2) is 6.24. The van der Waals surface area contributed by atoms with Crippen molar-refractivity contribution in [2.75, 3.05) is 11.9 Å². The van der Waals surface area contributed by atoms with Gasteiger partial charge in [0.25, 0.3) is 0 Å². The molecular formula is C14H19N3. The first kappa shape index (κ1) is 11.9. The van der Waals surface area contributed by atoms with Crippen molar-refractivity contribution in [3.05, 3.63) is 23.9 Å². The molecule has 1 aromatic rings. The second-order valence-corrected chi connectivity index (χ2v) is 4.76. The normalized spacial score (nSPS) is 15.7. The molecule has 0 atom stereocenters. The maximum Gasteiger partial charge on any atom is 0.127 e. The molecule has 1 aliphatic carbocycles. The van der Waals surface area contributed by atoms with Gasteiger partial charge in [0.05, 0.1) is 11.6 Å². The molecule has 3 heteroatoms. The first-order chi connectivity index (χ1) is 8.38. The molecule has 0 saturated heterocycles. The molecule has 1 aliphatic rings. The van der Waals surface area contributed by atoms with Gasteiger partial charge < -0.3 is 5.32 Å². The van der Waals surface area contributed by atoms with Gasteiger partial charge in [-0.2, -0.15) is 5.26 Å². The Morgan fingerprint density at radius 3 is 3.00 bits per heavy atom. The Morgan fingerprint density at radius 2 is 2.24 bits per heavy atom. The third-order valence-electron chi connectivity index (χ3n) is 3.46. The summed E-state index contributed by atoms with van der Waals surface area (Å²) in [6, 6.07) is 5.65. The van der Waals surface area contributed by atoms with Crippen LogP contribution in [0.1, 0.15) is 44.1 Å². The van der Waals surface area contributed by atoms with E-state index >= 15 is 0 Å². The largest absolute Gasteiger partial charge is 0.370 e. The summed E-state index contributed by atoms with van der Waals surface area (Å²) in [6.45, 7) is 0.957. The number of hydrogen-bond acceptors (Lipinski definition) is 3. The van der Waals surface area contributed by atoms with Crippen LogP contribution in [0.3, 0.4) is 0 Å². The molecule has 1 heterocycles. The Morgan fingerprint density at radius 1 is 1.41 bits per heavy atom. The molecule has 0 aliphatic heterocycles. The second-order valence-electron chi connectivity index (χ2n) is 4.76. The lowest BCUT2D eigenvalue weighted by molar-refractivity contribution is 0.491. The number of aromatic nitrogens is 1. The predicted octanol–water partition coefficient (Wildman–Crippen LogP) is 3.34. The SMILES string of the molecule is N#Cc1ccnc(NCCCC2CCCC2)c1. The van der Waals surface area contributed by atoms with Crippen molar-refractivity contribution in [1.29, 1.82) is 5.26 Å². The summed E-state index contributed by atoms with van der Waals surface area (Å²) in [7, 11) is 0. The van der Waals surface area contributed by atoms with Gasteiger partial charge in [-0.1, -0.05) is 25.7 Å². The molecule has 1 aromatic heterocycles. The molecule has 1 fully saturated rings. The highest BCUT2D eigenvalue weighted by molar-refractivity contribution is 5.42. The lowest BCUT2D eigenvalue weighted by Gasteiger charge is -2.09. The Labute approximate surface area is 103 Å². The van der Waals surface area contributed by atoms with Crippen LogP contribution >= 0.6 is 0 Å². The summed E-state index contributed by atoms with van der Waals surface area (Å²) >= 11 is 0. The summed E-state index contributed by atoms with van der Waals surface area (Å²) in [6.07, 6.45) is 9.88. The number of nitriles is 1. The minimum absolute atomic E-state index is 0.665. The van der Waals surface area contributed by atoms with Crippen molar-refractivity contribution >= 4 is 5.82 Å². The van der Waals surface area contributed by atoms with Gasteiger partial charge in [-0.05, 0) is 30.9 Å². The smallest absolute Gasteiger partial charge is 0.127 e. The van der Waals surface area contributed by atoms with E-state index in [9.17, 15) is 0 Å². The summed E-state index contributed by atoms with van der Waals surface area (Å²) in [5.41, 5.74) is 0.665. The molecule has 2 rings (SSSR count). The highest BCUT2D eigenvalue weighted by Crippen LogP contribution is 2.28. The number of pyridine rings is 1. The van der Waals surface area contributed by atoms with Gasteiger partial charge in [0.2, 0.25) is 0 Å². The zero-order valence-corrected chi connectivity index (χ0v) is 10.2. The van der Waals surface area contributed by atoms with E-state index in [0.717, 1.165) is 18.3 Å². The van der Waals surface area contributed by atoms with E-state index in [0.29, 0.717) is 5.56 Å². The Bertz CT molecular complexity index is 389. The molecule has 17 heavy (non-hydrogen) atoms. The monoisotopic (exact) mass is 229 g/mol. The van der Waals surface area contributed by atoms with Crippen LogP contribution in [-0.4, -0.2) is 11.5 Å². The molecular weight excluding hydrogens is 210 g/mol. The van der Waals surface area contributed by atoms with Gasteiger partial charge in [-0.3, -0.25) is 0 Å². The number of anilines is 1. The highest BCUT2D eigenvalue weighted by atomic mass is 15.0. The molecule has 0 spiro atoms. The first-order valence-corrected chi connectivity index (χ1v) is 6.48. The van der Waals surface area contributed by atoms with Crippen molar-refractivity contribution in [3.63, 3.8) is 0 Å². The Balaban J connectivity index is 1.68. The average molecular weight is 229 g/mol. The zero-order chi connectivity index (χ0) is 11.9. The number of nitrogens with one attached hydrogen (secondary N) is 1. The van der Waals surface area contributed by atoms with Crippen LogP contribution in [0.15, 0.2) is 18.3 Å². The van der Waals surface area contributed by atoms with E-state index < -0.39 is 0 Å². The minimum Gasteiger partial charge on any atom is -0.370 e. The van der Waals surface area contributed by atoms with Crippen LogP contribution in [-0.2, 0) is 0 Å². The maximum absolute atomic E-state index is 8.77. The summed E-state index contributed by atoms with van der Waals surface area (Å²) in [4.78, 5) is 4.19. The topological polar surface area (TPSA) is 48.7 Å². The van der Waals surface area contributed by atoms with Crippen LogP contribution in [0.25, 0.3) is 0 Å². The van der Waals surface area contributed by atoms with Crippen molar-refractivity contribution in [1.82, 2.24) is 4.98 Å². The van der Waals surface area contributed by atoms with Crippen LogP contribution in [0.2, 0.25) is 0 Å². The highest BCUT2D eigenvalue weighted by Gasteiger charge is 2.13. The van der Waals surface area contributed by atoms with Gasteiger partial charge in [0.15, 0.2) is 0 Å². The molecule has 0 aromatic carbocycles. The Hall–Kier alpha value is -1.56. The zero-order valence-electron chi connectivity index (χ0n) is 10.2. The number of hydrogen-bond donors (Lipinski definition) is 1. The van der Waals surface area contributed by atoms with Gasteiger partial charge in [0, 0.05) is 12.7 Å². The van der Waals surface area contributed by atoms with Crippen molar-refractivity contribution in [3.8, 4) is 6.07 Å². The van der Waals surface area contributed by atoms with Crippen LogP contribution in [0.4, 0.5) is 5.82 Å². The van der Waals surface area contributed by atoms with Gasteiger partial charge in [0.1, 0.15) is 5.82 Å². The summed E-state index contributed by atoms with van der Waals surface area (Å²) < 4.78 is 0. The molecule has 3 nitrogen and oxygen atoms in total. The third-order valence-corrected chi connectivity index (χ3v) is 3.46. The molecule has 90 valence electrons. The van der Waals surface area contributed by atoms with E-state index in [2.05, 4.69) is 16.4 Å². The van der Waals surface area contributed by atoms with E-state index in [1.807, 2.05) is 0 Å². The fourth-order valence-corrected chi connectivity index (χ4v) is 2.50. The van der Waals surface area contributed by atoms with Crippen molar-refractivity contribution in [2.24, 2.45) is 5.92 Å². The molecule has 0 amide bonds. The van der Waals surface area contributed by atoms with E-state index in [-0.39, 0.29) is 0 Å². The van der Waals surface area contributed by atoms with E-state index in [1.54, 1.807) is 18.3 Å². The average Bonchev–Trinajstić information content (AvgIpc) is 2.88. The summed E-state index contributed by atoms with van der Waals surface area (Å²) in [5.74, 6) is 1.77. The van der Waals surface area contributed by atoms with Crippen LogP contribution in [0.5, 0.6) is 0 Å². The fraction of sp³-hybridized carbons (Fsp3) is 0.571. The standard InChI is InChI=1S/C14H19N3/c15-11-13-7-9-17-14(10-13)16-8-3-6-12-4-1-2-5-12/h7,9-10,12H,1-6,8H2,(H,16,17). The third kappa shape index (κ3) is 3.74. The van der Waals surface area contributed by atoms with E-state index in [1.165, 1.54) is 38.5 Å². The van der Waals surface area contributed by atoms with Gasteiger partial charge in [-0.15, -0.1) is 0 Å². The fourth-order valence-electron chi connectivity index (χ4n) is 2.50. The summed E-state index contributed by atoms with van der Waals surface area (Å²) in [5, 5.41) is 12.1.